The normalized spacial score (nSPS) is 32.9. The average Bonchev–Trinajstić information content (AvgIpc) is 2.67. The summed E-state index contributed by atoms with van der Waals surface area (Å²) in [6, 6.07) is 16.8. The maximum Gasteiger partial charge on any atom is 0.238 e. The van der Waals surface area contributed by atoms with Gasteiger partial charge in [0.05, 0.1) is 10.3 Å². The van der Waals surface area contributed by atoms with Gasteiger partial charge >= 0.3 is 0 Å². The van der Waals surface area contributed by atoms with Crippen LogP contribution in [0.5, 0.6) is 0 Å². The van der Waals surface area contributed by atoms with E-state index in [0.717, 1.165) is 19.3 Å². The van der Waals surface area contributed by atoms with E-state index in [9.17, 15) is 13.2 Å². The van der Waals surface area contributed by atoms with Crippen LogP contribution in [0.4, 0.5) is 5.69 Å². The fraction of sp³-hybridized carbons (Fsp3) is 0.435. The van der Waals surface area contributed by atoms with Crippen molar-refractivity contribution in [2.75, 3.05) is 5.32 Å². The van der Waals surface area contributed by atoms with E-state index in [0.29, 0.717) is 17.5 Å². The van der Waals surface area contributed by atoms with E-state index in [1.807, 2.05) is 0 Å². The smallest absolute Gasteiger partial charge is 0.238 e. The van der Waals surface area contributed by atoms with Crippen molar-refractivity contribution in [3.05, 3.63) is 60.2 Å². The minimum absolute atomic E-state index is 0.0494. The zero-order valence-electron chi connectivity index (χ0n) is 16.3. The van der Waals surface area contributed by atoms with Gasteiger partial charge in [0.25, 0.3) is 0 Å². The van der Waals surface area contributed by atoms with E-state index in [-0.39, 0.29) is 21.6 Å². The van der Waals surface area contributed by atoms with Crippen LogP contribution in [0, 0.1) is 17.3 Å². The first kappa shape index (κ1) is 18.8. The van der Waals surface area contributed by atoms with Gasteiger partial charge in [-0.1, -0.05) is 30.3 Å². The second kappa shape index (κ2) is 6.41. The van der Waals surface area contributed by atoms with Crippen LogP contribution >= 0.6 is 0 Å². The lowest BCUT2D eigenvalue weighted by molar-refractivity contribution is -0.143. The molecular formula is C23H26N2O3S. The van der Waals surface area contributed by atoms with Crippen LogP contribution in [0.25, 0.3) is 0 Å². The molecule has 0 heterocycles. The summed E-state index contributed by atoms with van der Waals surface area (Å²) in [5.74, 6) is 1.29. The van der Waals surface area contributed by atoms with Crippen molar-refractivity contribution < 1.29 is 13.2 Å². The van der Waals surface area contributed by atoms with Crippen LogP contribution in [0.3, 0.4) is 0 Å². The van der Waals surface area contributed by atoms with Gasteiger partial charge < -0.3 is 5.32 Å². The molecule has 4 saturated carbocycles. The molecule has 0 saturated heterocycles. The van der Waals surface area contributed by atoms with Crippen molar-refractivity contribution in [1.29, 1.82) is 0 Å². The van der Waals surface area contributed by atoms with E-state index in [1.165, 1.54) is 37.0 Å². The molecule has 6 heteroatoms. The van der Waals surface area contributed by atoms with Crippen LogP contribution in [0.2, 0.25) is 0 Å². The number of sulfonamides is 1. The summed E-state index contributed by atoms with van der Waals surface area (Å²) < 4.78 is 22.9. The van der Waals surface area contributed by atoms with Crippen LogP contribution in [0.15, 0.2) is 59.5 Å². The number of anilines is 1. The van der Waals surface area contributed by atoms with E-state index in [4.69, 9.17) is 5.14 Å². The lowest BCUT2D eigenvalue weighted by Gasteiger charge is -2.61. The molecule has 4 aliphatic rings. The maximum absolute atomic E-state index is 13.5. The van der Waals surface area contributed by atoms with Crippen LogP contribution < -0.4 is 10.5 Å². The Morgan fingerprint density at radius 2 is 1.55 bits per heavy atom. The lowest BCUT2D eigenvalue weighted by Crippen LogP contribution is -2.57. The highest BCUT2D eigenvalue weighted by Crippen LogP contribution is 2.65. The summed E-state index contributed by atoms with van der Waals surface area (Å²) in [6.45, 7) is 0. The number of hydrogen-bond acceptors (Lipinski definition) is 3. The van der Waals surface area contributed by atoms with Gasteiger partial charge in [0.15, 0.2) is 0 Å². The molecular weight excluding hydrogens is 384 g/mol. The molecule has 2 aromatic rings. The average molecular weight is 411 g/mol. The van der Waals surface area contributed by atoms with Crippen molar-refractivity contribution in [3.8, 4) is 0 Å². The zero-order valence-corrected chi connectivity index (χ0v) is 17.1. The van der Waals surface area contributed by atoms with E-state index < -0.39 is 10.0 Å². The number of amides is 1. The Labute approximate surface area is 171 Å². The Morgan fingerprint density at radius 3 is 2.14 bits per heavy atom. The molecule has 4 atom stereocenters. The van der Waals surface area contributed by atoms with Gasteiger partial charge in [-0.2, -0.15) is 0 Å². The summed E-state index contributed by atoms with van der Waals surface area (Å²) in [6.07, 6.45) is 6.43. The van der Waals surface area contributed by atoms with Crippen molar-refractivity contribution in [2.24, 2.45) is 22.4 Å². The van der Waals surface area contributed by atoms with Crippen LogP contribution in [-0.4, -0.2) is 14.3 Å². The number of benzene rings is 2. The van der Waals surface area contributed by atoms with Gasteiger partial charge in [-0.05, 0) is 85.6 Å². The number of hydrogen-bond donors (Lipinski definition) is 2. The predicted molar refractivity (Wildman–Crippen MR) is 112 cm³/mol. The van der Waals surface area contributed by atoms with Gasteiger partial charge in [-0.25, -0.2) is 13.6 Å². The topological polar surface area (TPSA) is 89.3 Å². The third-order valence-electron chi connectivity index (χ3n) is 7.37. The first-order chi connectivity index (χ1) is 13.8. The number of carbonyl (C=O) groups is 1. The minimum atomic E-state index is -3.74. The molecule has 0 spiro atoms. The zero-order chi connectivity index (χ0) is 20.3. The molecule has 4 bridgehead atoms. The SMILES string of the molecule is NS(=O)(=O)c1ccc(NC(=O)C23C[C@H]4C[C@@H](C2)CC(c2ccccc2)(C4)C3)cc1. The quantitative estimate of drug-likeness (QED) is 0.803. The molecule has 2 unspecified atom stereocenters. The Balaban J connectivity index is 1.42. The molecule has 29 heavy (non-hydrogen) atoms. The molecule has 6 rings (SSSR count). The Hall–Kier alpha value is -2.18. The maximum atomic E-state index is 13.5. The number of primary sulfonamides is 1. The number of carbonyl (C=O) groups excluding carboxylic acids is 1. The van der Waals surface area contributed by atoms with Crippen molar-refractivity contribution in [2.45, 2.75) is 48.8 Å². The molecule has 5 nitrogen and oxygen atoms in total. The molecule has 3 N–H and O–H groups in total. The fourth-order valence-electron chi connectivity index (χ4n) is 6.65. The largest absolute Gasteiger partial charge is 0.326 e. The van der Waals surface area contributed by atoms with Gasteiger partial charge in [-0.15, -0.1) is 0 Å². The Kier molecular flexibility index (Phi) is 4.16. The summed E-state index contributed by atoms with van der Waals surface area (Å²) in [7, 11) is -3.74. The molecule has 2 aromatic carbocycles. The Bertz CT molecular complexity index is 1030. The Morgan fingerprint density at radius 1 is 0.931 bits per heavy atom. The molecule has 4 aliphatic carbocycles. The van der Waals surface area contributed by atoms with Crippen LogP contribution in [0.1, 0.15) is 44.1 Å². The highest BCUT2D eigenvalue weighted by molar-refractivity contribution is 7.89. The highest BCUT2D eigenvalue weighted by atomic mass is 32.2. The number of nitrogens with one attached hydrogen (secondary N) is 1. The number of rotatable bonds is 4. The van der Waals surface area contributed by atoms with E-state index in [1.54, 1.807) is 12.1 Å². The van der Waals surface area contributed by atoms with Crippen molar-refractivity contribution >= 4 is 21.6 Å². The molecule has 4 fully saturated rings. The molecule has 152 valence electrons. The van der Waals surface area contributed by atoms with Gasteiger partial charge in [0.2, 0.25) is 15.9 Å². The second-order valence-electron chi connectivity index (χ2n) is 9.41. The standard InChI is InChI=1S/C23H26N2O3S/c24-29(27,28)20-8-6-19(7-9-20)25-21(26)23-13-16-10-17(14-23)12-22(11-16,15-23)18-4-2-1-3-5-18/h1-9,16-17H,10-15H2,(H,25,26)(H2,24,27,28)/t16-,17+,22?,23?. The van der Waals surface area contributed by atoms with Crippen molar-refractivity contribution in [3.63, 3.8) is 0 Å². The predicted octanol–water partition coefficient (Wildman–Crippen LogP) is 3.81. The first-order valence-electron chi connectivity index (χ1n) is 10.3. The lowest BCUT2D eigenvalue weighted by atomic mass is 9.42. The van der Waals surface area contributed by atoms with E-state index >= 15 is 0 Å². The van der Waals surface area contributed by atoms with Gasteiger partial charge in [-0.3, -0.25) is 4.79 Å². The molecule has 1 amide bonds. The number of nitrogens with two attached hydrogens (primary N) is 1. The summed E-state index contributed by atoms with van der Waals surface area (Å²) >= 11 is 0. The molecule has 0 aromatic heterocycles. The van der Waals surface area contributed by atoms with Crippen LogP contribution in [-0.2, 0) is 20.2 Å². The summed E-state index contributed by atoms with van der Waals surface area (Å²) in [4.78, 5) is 13.5. The minimum Gasteiger partial charge on any atom is -0.326 e. The summed E-state index contributed by atoms with van der Waals surface area (Å²) in [5, 5.41) is 8.24. The highest BCUT2D eigenvalue weighted by Gasteiger charge is 2.60. The van der Waals surface area contributed by atoms with E-state index in [2.05, 4.69) is 35.6 Å². The van der Waals surface area contributed by atoms with Crippen molar-refractivity contribution in [1.82, 2.24) is 0 Å². The fourth-order valence-corrected chi connectivity index (χ4v) is 7.16. The first-order valence-corrected chi connectivity index (χ1v) is 11.8. The van der Waals surface area contributed by atoms with Gasteiger partial charge in [0.1, 0.15) is 0 Å². The third kappa shape index (κ3) is 3.19. The molecule has 0 aliphatic heterocycles. The third-order valence-corrected chi connectivity index (χ3v) is 8.30. The molecule has 0 radical (unpaired) electrons. The second-order valence-corrected chi connectivity index (χ2v) is 11.0. The monoisotopic (exact) mass is 410 g/mol. The van der Waals surface area contributed by atoms with Gasteiger partial charge in [0, 0.05) is 5.69 Å². The summed E-state index contributed by atoms with van der Waals surface area (Å²) in [5.41, 5.74) is 1.77.